The number of methoxy groups -OCH3 is 1. The monoisotopic (exact) mass is 497 g/mol. The Morgan fingerprint density at radius 3 is 2.58 bits per heavy atom. The maximum absolute atomic E-state index is 13.3. The number of benzene rings is 1. The van der Waals surface area contributed by atoms with Crippen molar-refractivity contribution in [3.63, 3.8) is 0 Å². The third-order valence-corrected chi connectivity index (χ3v) is 6.10. The highest BCUT2D eigenvalue weighted by Gasteiger charge is 2.43. The van der Waals surface area contributed by atoms with Gasteiger partial charge in [0.05, 0.1) is 6.10 Å². The quantitative estimate of drug-likeness (QED) is 0.353. The Hall–Kier alpha value is -2.95. The van der Waals surface area contributed by atoms with Crippen LogP contribution in [-0.4, -0.2) is 70.5 Å². The van der Waals surface area contributed by atoms with Crippen LogP contribution >= 0.6 is 0 Å². The van der Waals surface area contributed by atoms with Gasteiger partial charge in [-0.3, -0.25) is 9.59 Å². The van der Waals surface area contributed by atoms with Crippen molar-refractivity contribution in [2.24, 2.45) is 5.92 Å². The van der Waals surface area contributed by atoms with E-state index in [1.54, 1.807) is 45.1 Å². The second-order valence-corrected chi connectivity index (χ2v) is 9.32. The Balaban J connectivity index is 2.13. The number of esters is 1. The molecule has 2 aliphatic rings. The fourth-order valence-electron chi connectivity index (χ4n) is 3.94. The fraction of sp³-hybridized carbons (Fsp3) is 0.500. The lowest BCUT2D eigenvalue weighted by Crippen LogP contribution is -2.30. The van der Waals surface area contributed by atoms with Gasteiger partial charge in [0.15, 0.2) is 24.2 Å². The van der Waals surface area contributed by atoms with E-state index in [2.05, 4.69) is 0 Å². The number of anilines is 1. The van der Waals surface area contributed by atoms with E-state index < -0.39 is 35.9 Å². The molecule has 1 saturated heterocycles. The average Bonchev–Trinajstić information content (AvgIpc) is 3.13. The first-order valence-electron chi connectivity index (χ1n) is 11.7. The summed E-state index contributed by atoms with van der Waals surface area (Å²) in [6.45, 7) is 6.97. The van der Waals surface area contributed by atoms with Gasteiger partial charge in [0.25, 0.3) is 0 Å². The van der Waals surface area contributed by atoms with Gasteiger partial charge in [-0.2, -0.15) is 0 Å². The van der Waals surface area contributed by atoms with Gasteiger partial charge < -0.3 is 28.6 Å². The summed E-state index contributed by atoms with van der Waals surface area (Å²) in [5.41, 5.74) is 1.01. The highest BCUT2D eigenvalue weighted by Crippen LogP contribution is 2.34. The van der Waals surface area contributed by atoms with Crippen LogP contribution in [0.5, 0.6) is 5.75 Å². The third-order valence-electron chi connectivity index (χ3n) is 6.10. The van der Waals surface area contributed by atoms with E-state index in [9.17, 15) is 14.4 Å². The van der Waals surface area contributed by atoms with E-state index in [0.717, 1.165) is 0 Å². The zero-order chi connectivity index (χ0) is 26.6. The van der Waals surface area contributed by atoms with Gasteiger partial charge >= 0.3 is 5.97 Å². The van der Waals surface area contributed by atoms with E-state index in [1.165, 1.54) is 31.2 Å². The van der Waals surface area contributed by atoms with Crippen molar-refractivity contribution in [2.75, 3.05) is 25.9 Å². The molecule has 0 unspecified atom stereocenters. The lowest BCUT2D eigenvalue weighted by molar-refractivity contribution is -0.152. The minimum Gasteiger partial charge on any atom is -0.467 e. The van der Waals surface area contributed by atoms with Crippen LogP contribution in [0.4, 0.5) is 10.5 Å². The molecule has 36 heavy (non-hydrogen) atoms. The van der Waals surface area contributed by atoms with Crippen molar-refractivity contribution in [3.8, 4) is 5.75 Å². The molecule has 192 valence electrons. The number of hydrogen-bond acceptors (Lipinski definition) is 8. The molecule has 0 bridgehead atoms. The first kappa shape index (κ1) is 27.6. The van der Waals surface area contributed by atoms with Crippen molar-refractivity contribution in [2.45, 2.75) is 58.2 Å². The SMILES string of the molecule is [B]C(=O)N(C)c1cc2c(c(OCOC)c1)C(=O)O[C@@H](C)[C@H](C)/C=C\C(=O)[C@H]1OC(C)(C)O[C@H]1C/C=C/2. The van der Waals surface area contributed by atoms with Gasteiger partial charge in [0.2, 0.25) is 7.85 Å². The predicted octanol–water partition coefficient (Wildman–Crippen LogP) is 3.64. The highest BCUT2D eigenvalue weighted by molar-refractivity contribution is 6.60. The Kier molecular flexibility index (Phi) is 8.76. The molecule has 1 aromatic carbocycles. The van der Waals surface area contributed by atoms with Crippen LogP contribution in [0.15, 0.2) is 30.4 Å². The second kappa shape index (κ2) is 11.4. The number of ketones is 1. The Labute approximate surface area is 212 Å². The number of cyclic esters (lactones) is 1. The molecule has 0 spiro atoms. The minimum atomic E-state index is -0.922. The molecule has 3 rings (SSSR count). The largest absolute Gasteiger partial charge is 0.467 e. The fourth-order valence-corrected chi connectivity index (χ4v) is 3.94. The number of rotatable bonds is 4. The molecule has 10 heteroatoms. The summed E-state index contributed by atoms with van der Waals surface area (Å²) in [5, 5.41) is 0. The minimum absolute atomic E-state index is 0.131. The molecule has 2 heterocycles. The van der Waals surface area contributed by atoms with Crippen molar-refractivity contribution < 1.29 is 38.1 Å². The van der Waals surface area contributed by atoms with Gasteiger partial charge in [0.1, 0.15) is 23.5 Å². The first-order chi connectivity index (χ1) is 16.9. The topological polar surface area (TPSA) is 101 Å². The summed E-state index contributed by atoms with van der Waals surface area (Å²) in [7, 11) is 8.43. The van der Waals surface area contributed by atoms with E-state index in [1.807, 2.05) is 6.92 Å². The van der Waals surface area contributed by atoms with E-state index in [-0.39, 0.29) is 29.8 Å². The van der Waals surface area contributed by atoms with Gasteiger partial charge in [-0.05, 0) is 44.9 Å². The molecule has 2 radical (unpaired) electrons. The van der Waals surface area contributed by atoms with E-state index in [0.29, 0.717) is 17.7 Å². The van der Waals surface area contributed by atoms with Crippen LogP contribution in [0.2, 0.25) is 0 Å². The molecule has 1 aromatic rings. The summed E-state index contributed by atoms with van der Waals surface area (Å²) >= 11 is 0. The second-order valence-electron chi connectivity index (χ2n) is 9.32. The zero-order valence-electron chi connectivity index (χ0n) is 21.5. The number of hydrogen-bond donors (Lipinski definition) is 0. The molecular formula is C26H32BNO8. The van der Waals surface area contributed by atoms with Crippen molar-refractivity contribution >= 4 is 37.2 Å². The van der Waals surface area contributed by atoms with Crippen LogP contribution in [0.1, 0.15) is 50.0 Å². The standard InChI is InChI=1S/C26H32BNO8/c1-15-10-11-19(29)23-20(35-26(3,4)36-23)9-7-8-17-12-18(28(5)25(27)31)13-21(33-14-32-6)22(17)24(30)34-16(15)2/h7-8,10-13,15-16,20,23H,9,14H2,1-6H3/b8-7+,11-10-/t15-,16+,20+,23-/m1/s1. The highest BCUT2D eigenvalue weighted by atomic mass is 16.8. The van der Waals surface area contributed by atoms with E-state index >= 15 is 0 Å². The van der Waals surface area contributed by atoms with Crippen molar-refractivity contribution in [1.29, 1.82) is 0 Å². The maximum Gasteiger partial charge on any atom is 0.342 e. The summed E-state index contributed by atoms with van der Waals surface area (Å²) in [6.07, 6.45) is 5.09. The molecular weight excluding hydrogens is 465 g/mol. The van der Waals surface area contributed by atoms with Crippen LogP contribution in [0.3, 0.4) is 0 Å². The first-order valence-corrected chi connectivity index (χ1v) is 11.7. The number of fused-ring (bicyclic) bond motifs is 2. The third kappa shape index (κ3) is 6.43. The maximum atomic E-state index is 13.3. The number of carbonyl (C=O) groups excluding carboxylic acids is 3. The molecule has 0 aromatic heterocycles. The summed E-state index contributed by atoms with van der Waals surface area (Å²) < 4.78 is 28.3. The van der Waals surface area contributed by atoms with Crippen molar-refractivity contribution in [1.82, 2.24) is 0 Å². The summed E-state index contributed by atoms with van der Waals surface area (Å²) in [4.78, 5) is 39.3. The summed E-state index contributed by atoms with van der Waals surface area (Å²) in [5.74, 6) is -2.54. The smallest absolute Gasteiger partial charge is 0.342 e. The van der Waals surface area contributed by atoms with Crippen LogP contribution in [-0.2, 0) is 23.7 Å². The lowest BCUT2D eigenvalue weighted by atomic mass is 9.99. The number of nitrogens with zero attached hydrogens (tertiary/aromatic N) is 1. The molecule has 0 saturated carbocycles. The molecule has 0 N–H and O–H groups in total. The molecule has 9 nitrogen and oxygen atoms in total. The van der Waals surface area contributed by atoms with Crippen LogP contribution < -0.4 is 9.64 Å². The Morgan fingerprint density at radius 1 is 1.19 bits per heavy atom. The predicted molar refractivity (Wildman–Crippen MR) is 134 cm³/mol. The molecule has 1 amide bonds. The van der Waals surface area contributed by atoms with Gasteiger partial charge in [0, 0.05) is 31.8 Å². The molecule has 4 atom stereocenters. The number of amides is 1. The van der Waals surface area contributed by atoms with Gasteiger partial charge in [-0.25, -0.2) is 4.79 Å². The molecule has 0 aliphatic carbocycles. The zero-order valence-corrected chi connectivity index (χ0v) is 21.5. The van der Waals surface area contributed by atoms with Gasteiger partial charge in [-0.15, -0.1) is 0 Å². The Bertz CT molecular complexity index is 1070. The number of carbonyl (C=O) groups is 3. The lowest BCUT2D eigenvalue weighted by Gasteiger charge is -2.23. The van der Waals surface area contributed by atoms with Crippen LogP contribution in [0.25, 0.3) is 6.08 Å². The van der Waals surface area contributed by atoms with Gasteiger partial charge in [-0.1, -0.05) is 25.2 Å². The van der Waals surface area contributed by atoms with Crippen molar-refractivity contribution in [3.05, 3.63) is 41.5 Å². The molecule has 1 fully saturated rings. The number of ether oxygens (including phenoxy) is 5. The normalized spacial score (nSPS) is 27.7. The average molecular weight is 497 g/mol. The Morgan fingerprint density at radius 2 is 1.92 bits per heavy atom. The molecule has 2 aliphatic heterocycles. The van der Waals surface area contributed by atoms with Crippen LogP contribution in [0, 0.1) is 5.92 Å². The summed E-state index contributed by atoms with van der Waals surface area (Å²) in [6, 6.07) is 3.16. The van der Waals surface area contributed by atoms with E-state index in [4.69, 9.17) is 31.5 Å².